The van der Waals surface area contributed by atoms with Crippen molar-refractivity contribution in [3.05, 3.63) is 65.9 Å². The van der Waals surface area contributed by atoms with Crippen LogP contribution in [0, 0.1) is 0 Å². The van der Waals surface area contributed by atoms with Crippen molar-refractivity contribution in [1.82, 2.24) is 4.98 Å². The van der Waals surface area contributed by atoms with Crippen molar-refractivity contribution in [2.24, 2.45) is 0 Å². The molecule has 0 aliphatic carbocycles. The van der Waals surface area contributed by atoms with Crippen LogP contribution in [0.3, 0.4) is 0 Å². The Hall–Kier alpha value is -4.86. The fourth-order valence-corrected chi connectivity index (χ4v) is 4.28. The Bertz CT molecular complexity index is 1540. The van der Waals surface area contributed by atoms with Gasteiger partial charge in [-0.2, -0.15) is 26.3 Å². The monoisotopic (exact) mass is 626 g/mol. The quantitative estimate of drug-likeness (QED) is 0.153. The summed E-state index contributed by atoms with van der Waals surface area (Å²) in [6.07, 6.45) is -11.3. The van der Waals surface area contributed by atoms with E-state index in [-0.39, 0.29) is 11.6 Å². The van der Waals surface area contributed by atoms with Gasteiger partial charge in [0.25, 0.3) is 0 Å². The van der Waals surface area contributed by atoms with Gasteiger partial charge in [-0.15, -0.1) is 0 Å². The number of halogens is 6. The molecule has 44 heavy (non-hydrogen) atoms. The second-order valence-electron chi connectivity index (χ2n) is 9.46. The lowest BCUT2D eigenvalue weighted by molar-refractivity contribution is -0.158. The molecule has 2 amide bonds. The number of amides is 2. The van der Waals surface area contributed by atoms with Gasteiger partial charge in [-0.25, -0.2) is 9.78 Å². The van der Waals surface area contributed by atoms with E-state index in [9.17, 15) is 40.7 Å². The highest BCUT2D eigenvalue weighted by molar-refractivity contribution is 6.12. The average molecular weight is 627 g/mol. The van der Waals surface area contributed by atoms with Crippen LogP contribution in [-0.2, 0) is 15.7 Å². The zero-order chi connectivity index (χ0) is 32.1. The summed E-state index contributed by atoms with van der Waals surface area (Å²) in [5, 5.41) is 12.8. The zero-order valence-electron chi connectivity index (χ0n) is 22.6. The molecule has 16 heteroatoms. The number of morpholine rings is 1. The van der Waals surface area contributed by atoms with E-state index in [0.717, 1.165) is 5.56 Å². The number of Topliss-reactive ketones (excluding diaryl/α,β-unsaturated/α-hetero) is 1. The van der Waals surface area contributed by atoms with Gasteiger partial charge in [-0.3, -0.25) is 14.9 Å². The molecule has 10 nitrogen and oxygen atoms in total. The van der Waals surface area contributed by atoms with Gasteiger partial charge in [0.15, 0.2) is 12.4 Å². The predicted octanol–water partition coefficient (Wildman–Crippen LogP) is 5.85. The number of ketones is 1. The summed E-state index contributed by atoms with van der Waals surface area (Å²) in [6.45, 7) is 0.331. The van der Waals surface area contributed by atoms with Gasteiger partial charge >= 0.3 is 18.4 Å². The van der Waals surface area contributed by atoms with Gasteiger partial charge in [-0.05, 0) is 35.4 Å². The molecule has 1 aromatic heterocycles. The molecule has 0 spiro atoms. The smallest absolute Gasteiger partial charge is 0.422 e. The lowest BCUT2D eigenvalue weighted by Crippen LogP contribution is -2.36. The Morgan fingerprint density at radius 1 is 0.932 bits per heavy atom. The summed E-state index contributed by atoms with van der Waals surface area (Å²) in [7, 11) is 0. The first-order valence-electron chi connectivity index (χ1n) is 12.9. The number of carbonyl (C=O) groups excluding carboxylic acids is 2. The topological polar surface area (TPSA) is 130 Å². The van der Waals surface area contributed by atoms with E-state index in [2.05, 4.69) is 9.72 Å². The number of hydrogen-bond donors (Lipinski definition) is 3. The van der Waals surface area contributed by atoms with Crippen molar-refractivity contribution in [3.8, 4) is 16.9 Å². The number of alkyl halides is 6. The van der Waals surface area contributed by atoms with Gasteiger partial charge in [0.1, 0.15) is 11.6 Å². The van der Waals surface area contributed by atoms with Crippen molar-refractivity contribution in [1.29, 1.82) is 0 Å². The highest BCUT2D eigenvalue weighted by Gasteiger charge is 2.37. The number of carbonyl (C=O) groups is 3. The summed E-state index contributed by atoms with van der Waals surface area (Å²) in [5.74, 6) is -2.43. The van der Waals surface area contributed by atoms with E-state index in [1.165, 1.54) is 12.1 Å². The van der Waals surface area contributed by atoms with Gasteiger partial charge < -0.3 is 24.8 Å². The number of ether oxygens (including phenoxy) is 2. The molecule has 4 rings (SSSR count). The van der Waals surface area contributed by atoms with Crippen LogP contribution in [0.1, 0.15) is 22.3 Å². The van der Waals surface area contributed by atoms with Crippen molar-refractivity contribution in [3.63, 3.8) is 0 Å². The number of pyridine rings is 1. The van der Waals surface area contributed by atoms with E-state index in [1.807, 2.05) is 16.3 Å². The SMILES string of the molecule is O=C(O)Nc1cc(OCC(F)(F)F)c(C(F)(F)F)cc1NC(=O)CC(=O)c1cccc(-c2ccnc(N3CCOCC3)c2)c1. The van der Waals surface area contributed by atoms with Gasteiger partial charge in [0.2, 0.25) is 5.91 Å². The van der Waals surface area contributed by atoms with Crippen LogP contribution in [0.2, 0.25) is 0 Å². The molecular weight excluding hydrogens is 602 g/mol. The molecule has 3 N–H and O–H groups in total. The fourth-order valence-electron chi connectivity index (χ4n) is 4.28. The average Bonchev–Trinajstić information content (AvgIpc) is 2.96. The van der Waals surface area contributed by atoms with Crippen LogP contribution >= 0.6 is 0 Å². The van der Waals surface area contributed by atoms with Crippen LogP contribution in [0.25, 0.3) is 11.1 Å². The first kappa shape index (κ1) is 32.1. The molecule has 234 valence electrons. The Kier molecular flexibility index (Phi) is 9.62. The van der Waals surface area contributed by atoms with Crippen LogP contribution in [0.15, 0.2) is 54.7 Å². The van der Waals surface area contributed by atoms with Crippen LogP contribution in [0.5, 0.6) is 5.75 Å². The van der Waals surface area contributed by atoms with Crippen LogP contribution in [-0.4, -0.2) is 67.0 Å². The molecule has 0 bridgehead atoms. The van der Waals surface area contributed by atoms with E-state index in [1.54, 1.807) is 29.7 Å². The minimum atomic E-state index is -5.24. The maximum atomic E-state index is 13.6. The molecule has 0 atom stereocenters. The number of nitrogens with zero attached hydrogens (tertiary/aromatic N) is 2. The molecule has 1 aliphatic rings. The van der Waals surface area contributed by atoms with Crippen LogP contribution in [0.4, 0.5) is 48.3 Å². The zero-order valence-corrected chi connectivity index (χ0v) is 22.6. The number of hydrogen-bond acceptors (Lipinski definition) is 7. The molecular formula is C28H24F6N4O6. The van der Waals surface area contributed by atoms with Crippen molar-refractivity contribution in [2.75, 3.05) is 48.4 Å². The lowest BCUT2D eigenvalue weighted by atomic mass is 10.0. The van der Waals surface area contributed by atoms with E-state index in [4.69, 9.17) is 9.84 Å². The highest BCUT2D eigenvalue weighted by Crippen LogP contribution is 2.42. The first-order valence-corrected chi connectivity index (χ1v) is 12.9. The summed E-state index contributed by atoms with van der Waals surface area (Å²) >= 11 is 0. The highest BCUT2D eigenvalue weighted by atomic mass is 19.4. The molecule has 2 heterocycles. The normalized spacial score (nSPS) is 13.7. The number of benzene rings is 2. The second-order valence-corrected chi connectivity index (χ2v) is 9.46. The molecule has 0 unspecified atom stereocenters. The maximum Gasteiger partial charge on any atom is 0.422 e. The minimum absolute atomic E-state index is 0.109. The van der Waals surface area contributed by atoms with E-state index < -0.39 is 65.9 Å². The third-order valence-corrected chi connectivity index (χ3v) is 6.25. The van der Waals surface area contributed by atoms with Gasteiger partial charge in [-0.1, -0.05) is 18.2 Å². The standard InChI is InChI=1S/C28H24F6N4O6/c29-27(30,31)15-44-23-13-21(37-26(41)42)20(12-19(23)28(32,33)34)36-25(40)14-22(39)18-3-1-2-16(10-18)17-4-5-35-24(11-17)38-6-8-43-9-7-38/h1-5,10-13,37H,6-9,14-15H2,(H,36,40)(H,41,42). The molecule has 1 fully saturated rings. The fraction of sp³-hybridized carbons (Fsp3) is 0.286. The summed E-state index contributed by atoms with van der Waals surface area (Å²) in [5.41, 5.74) is -1.70. The predicted molar refractivity (Wildman–Crippen MR) is 145 cm³/mol. The van der Waals surface area contributed by atoms with Crippen molar-refractivity contribution >= 4 is 35.0 Å². The molecule has 1 saturated heterocycles. The summed E-state index contributed by atoms with van der Waals surface area (Å²) in [6, 6.07) is 10.4. The first-order chi connectivity index (χ1) is 20.7. The Balaban J connectivity index is 1.54. The van der Waals surface area contributed by atoms with Crippen LogP contribution < -0.4 is 20.3 Å². The third-order valence-electron chi connectivity index (χ3n) is 6.25. The molecule has 2 aromatic carbocycles. The second kappa shape index (κ2) is 13.2. The van der Waals surface area contributed by atoms with E-state index >= 15 is 0 Å². The molecule has 1 aliphatic heterocycles. The van der Waals surface area contributed by atoms with Gasteiger partial charge in [0.05, 0.1) is 36.6 Å². The number of carboxylic acid groups (broad SMARTS) is 1. The number of nitrogens with one attached hydrogen (secondary N) is 2. The third kappa shape index (κ3) is 8.59. The van der Waals surface area contributed by atoms with Crippen molar-refractivity contribution < 1.29 is 55.3 Å². The maximum absolute atomic E-state index is 13.6. The number of aromatic nitrogens is 1. The number of rotatable bonds is 9. The summed E-state index contributed by atoms with van der Waals surface area (Å²) in [4.78, 5) is 43.3. The van der Waals surface area contributed by atoms with Crippen molar-refractivity contribution in [2.45, 2.75) is 18.8 Å². The largest absolute Gasteiger partial charge is 0.483 e. The Morgan fingerprint density at radius 2 is 1.61 bits per heavy atom. The van der Waals surface area contributed by atoms with E-state index in [0.29, 0.717) is 43.8 Å². The minimum Gasteiger partial charge on any atom is -0.483 e. The number of anilines is 3. The Morgan fingerprint density at radius 3 is 2.27 bits per heavy atom. The Labute approximate surface area is 245 Å². The molecule has 3 aromatic rings. The van der Waals surface area contributed by atoms with Gasteiger partial charge in [0, 0.05) is 30.9 Å². The molecule has 0 saturated carbocycles. The summed E-state index contributed by atoms with van der Waals surface area (Å²) < 4.78 is 88.3. The molecule has 0 radical (unpaired) electrons. The lowest BCUT2D eigenvalue weighted by Gasteiger charge is -2.28.